The highest BCUT2D eigenvalue weighted by molar-refractivity contribution is 9.10. The normalized spacial score (nSPS) is 14.5. The topological polar surface area (TPSA) is 55.4 Å². The number of benzene rings is 1. The largest absolute Gasteiger partial charge is 0.469 e. The summed E-state index contributed by atoms with van der Waals surface area (Å²) in [5.41, 5.74) is 0.0382. The fourth-order valence-corrected chi connectivity index (χ4v) is 2.76. The second-order valence-corrected chi connectivity index (χ2v) is 8.47. The van der Waals surface area contributed by atoms with Crippen molar-refractivity contribution in [2.45, 2.75) is 38.0 Å². The van der Waals surface area contributed by atoms with Gasteiger partial charge in [-0.3, -0.25) is 4.79 Å². The van der Waals surface area contributed by atoms with Crippen LogP contribution < -0.4 is 4.72 Å². The predicted octanol–water partition coefficient (Wildman–Crippen LogP) is 3.38. The fourth-order valence-electron chi connectivity index (χ4n) is 1.58. The number of carbonyl (C=O) groups is 1. The van der Waals surface area contributed by atoms with E-state index in [2.05, 4.69) is 25.4 Å². The Bertz CT molecular complexity index is 590. The van der Waals surface area contributed by atoms with Crippen LogP contribution in [0.25, 0.3) is 0 Å². The second-order valence-electron chi connectivity index (χ2n) is 5.62. The van der Waals surface area contributed by atoms with E-state index in [1.54, 1.807) is 20.8 Å². The Morgan fingerprint density at radius 3 is 2.45 bits per heavy atom. The Balaban J connectivity index is 3.18. The van der Waals surface area contributed by atoms with Crippen LogP contribution in [0.5, 0.6) is 0 Å². The van der Waals surface area contributed by atoms with E-state index in [1.165, 1.54) is 13.2 Å². The molecule has 1 rings (SSSR count). The maximum Gasteiger partial charge on any atom is 0.307 e. The first kappa shape index (κ1) is 19.2. The van der Waals surface area contributed by atoms with E-state index >= 15 is 0 Å². The number of ether oxygens (including phenoxy) is 1. The second kappa shape index (κ2) is 7.61. The zero-order valence-corrected chi connectivity index (χ0v) is 15.1. The minimum absolute atomic E-state index is 0.0382. The van der Waals surface area contributed by atoms with Crippen molar-refractivity contribution in [1.29, 1.82) is 0 Å². The summed E-state index contributed by atoms with van der Waals surface area (Å²) in [4.78, 5) is 11.5. The zero-order valence-electron chi connectivity index (χ0n) is 12.7. The van der Waals surface area contributed by atoms with Crippen molar-refractivity contribution in [3.8, 4) is 0 Å². The Labute approximate surface area is 139 Å². The van der Waals surface area contributed by atoms with Crippen molar-refractivity contribution in [3.63, 3.8) is 0 Å². The number of hydrogen-bond acceptors (Lipinski definition) is 3. The number of rotatable bonds is 5. The van der Waals surface area contributed by atoms with Gasteiger partial charge in [0.2, 0.25) is 0 Å². The molecular formula is C14H18BrF2NO3S. The molecule has 0 aromatic heterocycles. The lowest BCUT2D eigenvalue weighted by Gasteiger charge is -2.24. The molecule has 0 aliphatic carbocycles. The third-order valence-electron chi connectivity index (χ3n) is 2.82. The summed E-state index contributed by atoms with van der Waals surface area (Å²) >= 11 is 2.98. The Kier molecular flexibility index (Phi) is 6.64. The summed E-state index contributed by atoms with van der Waals surface area (Å²) in [5, 5.41) is 0. The lowest BCUT2D eigenvalue weighted by molar-refractivity contribution is -0.141. The van der Waals surface area contributed by atoms with Gasteiger partial charge in [0, 0.05) is 11.6 Å². The number of hydrogen-bond donors (Lipinski definition) is 1. The van der Waals surface area contributed by atoms with E-state index in [-0.39, 0.29) is 16.5 Å². The molecule has 8 heteroatoms. The van der Waals surface area contributed by atoms with Crippen LogP contribution >= 0.6 is 15.9 Å². The monoisotopic (exact) mass is 397 g/mol. The molecule has 0 radical (unpaired) electrons. The van der Waals surface area contributed by atoms with Crippen molar-refractivity contribution in [2.75, 3.05) is 7.11 Å². The van der Waals surface area contributed by atoms with Gasteiger partial charge in [0.1, 0.15) is 11.6 Å². The molecule has 124 valence electrons. The highest BCUT2D eigenvalue weighted by atomic mass is 79.9. The predicted molar refractivity (Wildman–Crippen MR) is 84.5 cm³/mol. The highest BCUT2D eigenvalue weighted by Gasteiger charge is 2.27. The van der Waals surface area contributed by atoms with Crippen LogP contribution in [0.2, 0.25) is 0 Å². The molecule has 2 atom stereocenters. The highest BCUT2D eigenvalue weighted by Crippen LogP contribution is 2.28. The van der Waals surface area contributed by atoms with Gasteiger partial charge < -0.3 is 4.74 Å². The van der Waals surface area contributed by atoms with Crippen LogP contribution in [-0.4, -0.2) is 22.0 Å². The fraction of sp³-hybridized carbons (Fsp3) is 0.500. The first-order valence-corrected chi connectivity index (χ1v) is 8.40. The average Bonchev–Trinajstić information content (AvgIpc) is 2.40. The van der Waals surface area contributed by atoms with Crippen LogP contribution in [0.4, 0.5) is 8.78 Å². The van der Waals surface area contributed by atoms with Crippen LogP contribution in [0.1, 0.15) is 38.8 Å². The molecule has 0 fully saturated rings. The minimum Gasteiger partial charge on any atom is -0.469 e. The molecule has 0 saturated carbocycles. The van der Waals surface area contributed by atoms with Crippen molar-refractivity contribution in [2.24, 2.45) is 0 Å². The van der Waals surface area contributed by atoms with Crippen LogP contribution in [0.3, 0.4) is 0 Å². The molecule has 4 nitrogen and oxygen atoms in total. The Hall–Kier alpha value is -0.860. The first-order valence-electron chi connectivity index (χ1n) is 6.45. The third kappa shape index (κ3) is 5.10. The molecule has 1 aromatic carbocycles. The standard InChI is InChI=1S/C14H18BrF2NO3S/c1-14(2,3)22(20)18-12(7-13(19)21-4)8-5-9(15)11(17)6-10(8)16/h5-6,12,18H,7H2,1-4H3. The SMILES string of the molecule is COC(=O)CC(NS(=O)C(C)(C)C)c1cc(Br)c(F)cc1F. The maximum atomic E-state index is 14.0. The summed E-state index contributed by atoms with van der Waals surface area (Å²) in [6.07, 6.45) is -0.229. The molecular weight excluding hydrogens is 380 g/mol. The molecule has 2 unspecified atom stereocenters. The summed E-state index contributed by atoms with van der Waals surface area (Å²) in [6.45, 7) is 5.22. The molecule has 1 aromatic rings. The Morgan fingerprint density at radius 2 is 1.95 bits per heavy atom. The van der Waals surface area contributed by atoms with Crippen molar-refractivity contribution < 1.29 is 22.5 Å². The van der Waals surface area contributed by atoms with Gasteiger partial charge in [-0.05, 0) is 42.8 Å². The van der Waals surface area contributed by atoms with Crippen molar-refractivity contribution >= 4 is 32.9 Å². The third-order valence-corrected chi connectivity index (χ3v) is 5.04. The lowest BCUT2D eigenvalue weighted by Crippen LogP contribution is -2.37. The van der Waals surface area contributed by atoms with Gasteiger partial charge in [-0.1, -0.05) is 0 Å². The van der Waals surface area contributed by atoms with E-state index < -0.39 is 39.4 Å². The molecule has 0 bridgehead atoms. The summed E-state index contributed by atoms with van der Waals surface area (Å²) < 4.78 is 46.3. The molecule has 1 N–H and O–H groups in total. The Morgan fingerprint density at radius 1 is 1.36 bits per heavy atom. The maximum absolute atomic E-state index is 14.0. The van der Waals surface area contributed by atoms with Gasteiger partial charge in [-0.2, -0.15) is 0 Å². The van der Waals surface area contributed by atoms with Gasteiger partial charge in [0.05, 0.1) is 39.8 Å². The van der Waals surface area contributed by atoms with Crippen molar-refractivity contribution in [3.05, 3.63) is 33.8 Å². The average molecular weight is 398 g/mol. The van der Waals surface area contributed by atoms with Gasteiger partial charge in [-0.15, -0.1) is 0 Å². The van der Waals surface area contributed by atoms with Gasteiger partial charge in [0.25, 0.3) is 0 Å². The van der Waals surface area contributed by atoms with E-state index in [4.69, 9.17) is 0 Å². The van der Waals surface area contributed by atoms with Gasteiger partial charge in [0.15, 0.2) is 0 Å². The molecule has 22 heavy (non-hydrogen) atoms. The van der Waals surface area contributed by atoms with Crippen LogP contribution in [0.15, 0.2) is 16.6 Å². The minimum atomic E-state index is -1.54. The van der Waals surface area contributed by atoms with Crippen molar-refractivity contribution in [1.82, 2.24) is 4.72 Å². The molecule has 0 heterocycles. The smallest absolute Gasteiger partial charge is 0.307 e. The first-order chi connectivity index (χ1) is 10.1. The lowest BCUT2D eigenvalue weighted by atomic mass is 10.0. The number of nitrogens with one attached hydrogen (secondary N) is 1. The van der Waals surface area contributed by atoms with E-state index in [1.807, 2.05) is 0 Å². The number of esters is 1. The summed E-state index contributed by atoms with van der Waals surface area (Å²) in [6, 6.07) is 1.04. The molecule has 0 aliphatic rings. The summed E-state index contributed by atoms with van der Waals surface area (Å²) in [5.74, 6) is -2.17. The molecule has 0 saturated heterocycles. The number of halogens is 3. The molecule has 0 amide bonds. The quantitative estimate of drug-likeness (QED) is 0.611. The molecule has 0 spiro atoms. The van der Waals surface area contributed by atoms with E-state index in [9.17, 15) is 17.8 Å². The molecule has 0 aliphatic heterocycles. The summed E-state index contributed by atoms with van der Waals surface area (Å²) in [7, 11) is -0.335. The zero-order chi connectivity index (χ0) is 17.1. The van der Waals surface area contributed by atoms with E-state index in [0.717, 1.165) is 0 Å². The number of carbonyl (C=O) groups excluding carboxylic acids is 1. The van der Waals surface area contributed by atoms with Crippen LogP contribution in [0, 0.1) is 11.6 Å². The van der Waals surface area contributed by atoms with Gasteiger partial charge in [-0.25, -0.2) is 17.7 Å². The number of methoxy groups -OCH3 is 1. The van der Waals surface area contributed by atoms with Crippen LogP contribution in [-0.2, 0) is 20.5 Å². The van der Waals surface area contributed by atoms with Gasteiger partial charge >= 0.3 is 5.97 Å². The van der Waals surface area contributed by atoms with E-state index in [0.29, 0.717) is 6.07 Å².